The summed E-state index contributed by atoms with van der Waals surface area (Å²) in [5.74, 6) is 0. The second-order valence-electron chi connectivity index (χ2n) is 3.47. The number of thioether (sulfide) groups is 1. The Morgan fingerprint density at radius 3 is 2.29 bits per heavy atom. The van der Waals surface area contributed by atoms with E-state index < -0.39 is 0 Å². The van der Waals surface area contributed by atoms with Gasteiger partial charge in [-0.1, -0.05) is 19.1 Å². The van der Waals surface area contributed by atoms with Gasteiger partial charge >= 0.3 is 0 Å². The van der Waals surface area contributed by atoms with Crippen molar-refractivity contribution >= 4 is 11.8 Å². The van der Waals surface area contributed by atoms with Crippen LogP contribution < -0.4 is 5.73 Å². The fourth-order valence-corrected chi connectivity index (χ4v) is 1.95. The molecule has 0 heterocycles. The van der Waals surface area contributed by atoms with Crippen LogP contribution >= 0.6 is 11.8 Å². The molecule has 0 amide bonds. The lowest BCUT2D eigenvalue weighted by Gasteiger charge is -2.09. The van der Waals surface area contributed by atoms with Crippen LogP contribution in [-0.4, -0.2) is 17.0 Å². The van der Waals surface area contributed by atoms with Gasteiger partial charge in [-0.05, 0) is 24.6 Å². The van der Waals surface area contributed by atoms with Gasteiger partial charge in [0.2, 0.25) is 0 Å². The molecule has 3 N–H and O–H groups in total. The van der Waals surface area contributed by atoms with Crippen LogP contribution in [0.4, 0.5) is 0 Å². The minimum atomic E-state index is 0.0873. The van der Waals surface area contributed by atoms with E-state index in [0.717, 1.165) is 5.56 Å². The average molecular weight is 211 g/mol. The number of hydrogen-bond acceptors (Lipinski definition) is 3. The van der Waals surface area contributed by atoms with Crippen molar-refractivity contribution in [2.75, 3.05) is 6.61 Å². The van der Waals surface area contributed by atoms with Crippen molar-refractivity contribution in [3.8, 4) is 0 Å². The fraction of sp³-hybridized carbons (Fsp3) is 0.455. The van der Waals surface area contributed by atoms with Crippen molar-refractivity contribution in [1.29, 1.82) is 0 Å². The van der Waals surface area contributed by atoms with E-state index in [4.69, 9.17) is 10.8 Å². The van der Waals surface area contributed by atoms with E-state index in [1.54, 1.807) is 11.8 Å². The minimum absolute atomic E-state index is 0.0873. The van der Waals surface area contributed by atoms with Gasteiger partial charge in [0.25, 0.3) is 0 Å². The monoisotopic (exact) mass is 211 g/mol. The van der Waals surface area contributed by atoms with Crippen molar-refractivity contribution in [2.45, 2.75) is 30.0 Å². The number of benzene rings is 1. The molecule has 0 aliphatic carbocycles. The first-order chi connectivity index (χ1) is 6.63. The predicted octanol–water partition coefficient (Wildman–Crippen LogP) is 2.18. The van der Waals surface area contributed by atoms with Gasteiger partial charge in [0.15, 0.2) is 0 Å². The summed E-state index contributed by atoms with van der Waals surface area (Å²) in [7, 11) is 0. The molecular formula is C11H17NOS. The fourth-order valence-electron chi connectivity index (χ4n) is 1.12. The lowest BCUT2D eigenvalue weighted by molar-refractivity contribution is 0.300. The Labute approximate surface area is 89.5 Å². The van der Waals surface area contributed by atoms with Gasteiger partial charge in [-0.15, -0.1) is 11.8 Å². The van der Waals surface area contributed by atoms with E-state index in [0.29, 0.717) is 0 Å². The summed E-state index contributed by atoms with van der Waals surface area (Å²) < 4.78 is 0. The molecule has 1 aromatic rings. The van der Waals surface area contributed by atoms with Crippen molar-refractivity contribution < 1.29 is 5.11 Å². The molecule has 0 saturated heterocycles. The van der Waals surface area contributed by atoms with Crippen LogP contribution in [-0.2, 0) is 0 Å². The summed E-state index contributed by atoms with van der Waals surface area (Å²) in [5.41, 5.74) is 6.89. The SMILES string of the molecule is CC(CO)Sc1ccc([C@H](C)N)cc1. The number of aliphatic hydroxyl groups is 1. The summed E-state index contributed by atoms with van der Waals surface area (Å²) in [4.78, 5) is 1.18. The van der Waals surface area contributed by atoms with E-state index in [1.807, 2.05) is 26.0 Å². The highest BCUT2D eigenvalue weighted by atomic mass is 32.2. The minimum Gasteiger partial charge on any atom is -0.395 e. The Bertz CT molecular complexity index is 271. The molecule has 1 unspecified atom stereocenters. The lowest BCUT2D eigenvalue weighted by Crippen LogP contribution is -2.04. The second kappa shape index (κ2) is 5.39. The highest BCUT2D eigenvalue weighted by Crippen LogP contribution is 2.24. The van der Waals surface area contributed by atoms with Crippen molar-refractivity contribution in [2.24, 2.45) is 5.73 Å². The Hall–Kier alpha value is -0.510. The van der Waals surface area contributed by atoms with Crippen molar-refractivity contribution in [3.05, 3.63) is 29.8 Å². The smallest absolute Gasteiger partial charge is 0.0550 e. The van der Waals surface area contributed by atoms with Gasteiger partial charge in [0, 0.05) is 16.2 Å². The van der Waals surface area contributed by atoms with Crippen molar-refractivity contribution in [1.82, 2.24) is 0 Å². The van der Waals surface area contributed by atoms with Crippen LogP contribution in [0.15, 0.2) is 29.2 Å². The molecule has 2 atom stereocenters. The number of aliphatic hydroxyl groups excluding tert-OH is 1. The summed E-state index contributed by atoms with van der Waals surface area (Å²) >= 11 is 1.67. The number of hydrogen-bond donors (Lipinski definition) is 2. The molecule has 78 valence electrons. The van der Waals surface area contributed by atoms with E-state index in [9.17, 15) is 0 Å². The second-order valence-corrected chi connectivity index (χ2v) is 4.98. The van der Waals surface area contributed by atoms with Crippen molar-refractivity contribution in [3.63, 3.8) is 0 Å². The molecule has 1 rings (SSSR count). The summed E-state index contributed by atoms with van der Waals surface area (Å²) in [6.45, 7) is 4.18. The number of rotatable bonds is 4. The van der Waals surface area contributed by atoms with Gasteiger partial charge in [0.1, 0.15) is 0 Å². The molecule has 3 heteroatoms. The third-order valence-electron chi connectivity index (χ3n) is 2.00. The predicted molar refractivity (Wildman–Crippen MR) is 61.4 cm³/mol. The molecule has 0 fully saturated rings. The molecule has 0 radical (unpaired) electrons. The zero-order valence-electron chi connectivity index (χ0n) is 8.60. The topological polar surface area (TPSA) is 46.2 Å². The maximum Gasteiger partial charge on any atom is 0.0550 e. The first-order valence-electron chi connectivity index (χ1n) is 4.76. The summed E-state index contributed by atoms with van der Waals surface area (Å²) in [6.07, 6.45) is 0. The molecular weight excluding hydrogens is 194 g/mol. The van der Waals surface area contributed by atoms with Gasteiger partial charge in [-0.3, -0.25) is 0 Å². The van der Waals surface area contributed by atoms with E-state index in [2.05, 4.69) is 12.1 Å². The van der Waals surface area contributed by atoms with Gasteiger partial charge in [0.05, 0.1) is 6.61 Å². The van der Waals surface area contributed by atoms with Gasteiger partial charge < -0.3 is 10.8 Å². The van der Waals surface area contributed by atoms with Crippen LogP contribution in [0.2, 0.25) is 0 Å². The largest absolute Gasteiger partial charge is 0.395 e. The molecule has 1 aromatic carbocycles. The Kier molecular flexibility index (Phi) is 4.45. The lowest BCUT2D eigenvalue weighted by atomic mass is 10.1. The third kappa shape index (κ3) is 3.33. The Morgan fingerprint density at radius 1 is 1.29 bits per heavy atom. The zero-order chi connectivity index (χ0) is 10.6. The molecule has 0 saturated carbocycles. The van der Waals surface area contributed by atoms with E-state index in [-0.39, 0.29) is 17.9 Å². The molecule has 0 bridgehead atoms. The standard InChI is InChI=1S/C11H17NOS/c1-8(7-13)14-11-5-3-10(4-6-11)9(2)12/h3-6,8-9,13H,7,12H2,1-2H3/t8?,9-/m0/s1. The highest BCUT2D eigenvalue weighted by molar-refractivity contribution is 8.00. The first kappa shape index (κ1) is 11.6. The van der Waals surface area contributed by atoms with Gasteiger partial charge in [-0.25, -0.2) is 0 Å². The maximum absolute atomic E-state index is 8.90. The Balaban J connectivity index is 2.64. The maximum atomic E-state index is 8.90. The summed E-state index contributed by atoms with van der Waals surface area (Å²) in [6, 6.07) is 8.27. The van der Waals surface area contributed by atoms with Crippen LogP contribution in [0.25, 0.3) is 0 Å². The number of nitrogens with two attached hydrogens (primary N) is 1. The molecule has 0 spiro atoms. The zero-order valence-corrected chi connectivity index (χ0v) is 9.42. The highest BCUT2D eigenvalue weighted by Gasteiger charge is 2.03. The third-order valence-corrected chi connectivity index (χ3v) is 3.10. The molecule has 0 aliphatic heterocycles. The molecule has 14 heavy (non-hydrogen) atoms. The normalized spacial score (nSPS) is 15.1. The Morgan fingerprint density at radius 2 is 1.86 bits per heavy atom. The quantitative estimate of drug-likeness (QED) is 0.750. The van der Waals surface area contributed by atoms with E-state index in [1.165, 1.54) is 4.90 Å². The average Bonchev–Trinajstić information content (AvgIpc) is 2.18. The van der Waals surface area contributed by atoms with Crippen LogP contribution in [0.5, 0.6) is 0 Å². The first-order valence-corrected chi connectivity index (χ1v) is 5.64. The molecule has 0 aliphatic rings. The molecule has 0 aromatic heterocycles. The van der Waals surface area contributed by atoms with E-state index >= 15 is 0 Å². The van der Waals surface area contributed by atoms with Crippen LogP contribution in [0.3, 0.4) is 0 Å². The van der Waals surface area contributed by atoms with Crippen LogP contribution in [0, 0.1) is 0 Å². The molecule has 2 nitrogen and oxygen atoms in total. The van der Waals surface area contributed by atoms with Crippen LogP contribution in [0.1, 0.15) is 25.5 Å². The van der Waals surface area contributed by atoms with Gasteiger partial charge in [-0.2, -0.15) is 0 Å². The summed E-state index contributed by atoms with van der Waals surface area (Å²) in [5, 5.41) is 9.14.